The summed E-state index contributed by atoms with van der Waals surface area (Å²) < 4.78 is 5.97. The minimum absolute atomic E-state index is 0.744. The van der Waals surface area contributed by atoms with Crippen LogP contribution in [0.5, 0.6) is 0 Å². The van der Waals surface area contributed by atoms with Gasteiger partial charge < -0.3 is 4.42 Å². The Labute approximate surface area is 191 Å². The molecule has 0 unspecified atom stereocenters. The molecule has 1 saturated heterocycles. The molecule has 0 atom stereocenters. The number of pyridine rings is 1. The maximum absolute atomic E-state index is 6.02. The lowest BCUT2D eigenvalue weighted by Gasteiger charge is -2.10. The summed E-state index contributed by atoms with van der Waals surface area (Å²) in [5.74, 6) is 0.792. The Morgan fingerprint density at radius 2 is 1.53 bits per heavy atom. The fourth-order valence-corrected chi connectivity index (χ4v) is 4.57. The number of fused-ring (bicyclic) bond motifs is 2. The van der Waals surface area contributed by atoms with Crippen molar-refractivity contribution in [2.24, 2.45) is 0 Å². The largest absolute Gasteiger partial charge is 0.439 e. The summed E-state index contributed by atoms with van der Waals surface area (Å²) in [6.45, 7) is 3.05. The zero-order valence-corrected chi connectivity index (χ0v) is 18.3. The smallest absolute Gasteiger partial charge is 0.209 e. The molecule has 0 N–H and O–H groups in total. The van der Waals surface area contributed by atoms with Crippen LogP contribution < -0.4 is 0 Å². The van der Waals surface area contributed by atoms with E-state index in [1.165, 1.54) is 12.8 Å². The van der Waals surface area contributed by atoms with Gasteiger partial charge in [-0.3, -0.25) is 4.90 Å². The van der Waals surface area contributed by atoms with Gasteiger partial charge >= 0.3 is 0 Å². The van der Waals surface area contributed by atoms with Gasteiger partial charge in [0, 0.05) is 16.0 Å². The molecule has 5 aromatic rings. The predicted molar refractivity (Wildman–Crippen MR) is 130 cm³/mol. The number of benzene rings is 3. The molecule has 0 aliphatic carbocycles. The van der Waals surface area contributed by atoms with Gasteiger partial charge in [0.15, 0.2) is 5.58 Å². The van der Waals surface area contributed by atoms with E-state index < -0.39 is 0 Å². The molecule has 1 aliphatic heterocycles. The predicted octanol–water partition coefficient (Wildman–Crippen LogP) is 6.96. The van der Waals surface area contributed by atoms with E-state index in [9.17, 15) is 0 Å². The summed E-state index contributed by atoms with van der Waals surface area (Å²) >= 11 is 6.02. The molecule has 6 rings (SSSR count). The van der Waals surface area contributed by atoms with Crippen LogP contribution in [0, 0.1) is 0 Å². The summed E-state index contributed by atoms with van der Waals surface area (Å²) in [7, 11) is 0. The molecular weight excluding hydrogens is 418 g/mol. The highest BCUT2D eigenvalue weighted by atomic mass is 35.5. The second-order valence-electron chi connectivity index (χ2n) is 8.38. The Morgan fingerprint density at radius 1 is 0.750 bits per heavy atom. The zero-order valence-electron chi connectivity index (χ0n) is 17.6. The minimum Gasteiger partial charge on any atom is -0.439 e. The van der Waals surface area contributed by atoms with Gasteiger partial charge in [-0.25, -0.2) is 9.97 Å². The maximum atomic E-state index is 6.02. The van der Waals surface area contributed by atoms with Crippen LogP contribution in [-0.2, 0) is 6.54 Å². The van der Waals surface area contributed by atoms with Gasteiger partial charge in [0.25, 0.3) is 0 Å². The molecule has 0 bridgehead atoms. The number of halogens is 1. The van der Waals surface area contributed by atoms with Crippen LogP contribution in [-0.4, -0.2) is 28.0 Å². The van der Waals surface area contributed by atoms with Crippen molar-refractivity contribution in [3.05, 3.63) is 83.7 Å². The normalized spacial score (nSPS) is 14.5. The number of nitrogens with zero attached hydrogens (tertiary/aromatic N) is 3. The van der Waals surface area contributed by atoms with Crippen molar-refractivity contribution in [2.45, 2.75) is 19.4 Å². The summed E-state index contributed by atoms with van der Waals surface area (Å²) in [6.07, 6.45) is 2.53. The van der Waals surface area contributed by atoms with E-state index in [0.717, 1.165) is 74.9 Å². The van der Waals surface area contributed by atoms with E-state index in [0.29, 0.717) is 0 Å². The number of hydrogen-bond donors (Lipinski definition) is 0. The first-order chi connectivity index (χ1) is 15.7. The summed E-state index contributed by atoms with van der Waals surface area (Å²) in [6, 6.07) is 24.6. The molecule has 0 radical (unpaired) electrons. The first kappa shape index (κ1) is 19.5. The average molecular weight is 440 g/mol. The molecule has 3 aromatic carbocycles. The highest BCUT2D eigenvalue weighted by Crippen LogP contribution is 2.29. The van der Waals surface area contributed by atoms with Crippen molar-refractivity contribution < 1.29 is 4.42 Å². The van der Waals surface area contributed by atoms with Gasteiger partial charge in [-0.2, -0.15) is 0 Å². The standard InChI is InChI=1S/C27H22ClN3O/c28-22-8-3-18(4-9-22)19-5-10-23-20(15-19)6-11-24(29-23)21-7-12-26-25(16-21)30-27(32-26)17-31-13-1-2-14-31/h3-12,15-16H,1-2,13-14,17H2. The molecule has 32 heavy (non-hydrogen) atoms. The fraction of sp³-hybridized carbons (Fsp3) is 0.185. The van der Waals surface area contributed by atoms with Gasteiger partial charge in [-0.05, 0) is 85.6 Å². The van der Waals surface area contributed by atoms with Crippen LogP contribution >= 0.6 is 11.6 Å². The second-order valence-corrected chi connectivity index (χ2v) is 8.82. The van der Waals surface area contributed by atoms with Gasteiger partial charge in [-0.15, -0.1) is 0 Å². The van der Waals surface area contributed by atoms with Crippen LogP contribution in [0.1, 0.15) is 18.7 Å². The maximum Gasteiger partial charge on any atom is 0.209 e. The van der Waals surface area contributed by atoms with Crippen LogP contribution in [0.2, 0.25) is 5.02 Å². The fourth-order valence-electron chi connectivity index (χ4n) is 4.44. The van der Waals surface area contributed by atoms with Crippen LogP contribution in [0.15, 0.2) is 77.2 Å². The average Bonchev–Trinajstić information content (AvgIpc) is 3.48. The van der Waals surface area contributed by atoms with E-state index in [4.69, 9.17) is 26.0 Å². The highest BCUT2D eigenvalue weighted by Gasteiger charge is 2.16. The van der Waals surface area contributed by atoms with Gasteiger partial charge in [0.2, 0.25) is 5.89 Å². The molecule has 0 saturated carbocycles. The Morgan fingerprint density at radius 3 is 2.38 bits per heavy atom. The van der Waals surface area contributed by atoms with Crippen molar-refractivity contribution in [1.82, 2.24) is 14.9 Å². The van der Waals surface area contributed by atoms with Crippen LogP contribution in [0.4, 0.5) is 0 Å². The Balaban J connectivity index is 1.30. The van der Waals surface area contributed by atoms with E-state index in [-0.39, 0.29) is 0 Å². The molecule has 3 heterocycles. The quantitative estimate of drug-likeness (QED) is 0.303. The zero-order chi connectivity index (χ0) is 21.5. The molecule has 5 heteroatoms. The monoisotopic (exact) mass is 439 g/mol. The Bertz CT molecular complexity index is 1420. The van der Waals surface area contributed by atoms with Crippen molar-refractivity contribution in [3.8, 4) is 22.4 Å². The van der Waals surface area contributed by atoms with E-state index >= 15 is 0 Å². The number of rotatable bonds is 4. The number of oxazole rings is 1. The van der Waals surface area contributed by atoms with Gasteiger partial charge in [0.05, 0.1) is 17.8 Å². The molecule has 4 nitrogen and oxygen atoms in total. The van der Waals surface area contributed by atoms with Crippen LogP contribution in [0.25, 0.3) is 44.4 Å². The van der Waals surface area contributed by atoms with Crippen molar-refractivity contribution in [2.75, 3.05) is 13.1 Å². The molecule has 1 fully saturated rings. The highest BCUT2D eigenvalue weighted by molar-refractivity contribution is 6.30. The van der Waals surface area contributed by atoms with Gasteiger partial charge in [-0.1, -0.05) is 35.9 Å². The summed E-state index contributed by atoms with van der Waals surface area (Å²) in [5.41, 5.74) is 6.95. The lowest BCUT2D eigenvalue weighted by Crippen LogP contribution is -2.18. The number of aromatic nitrogens is 2. The molecule has 2 aromatic heterocycles. The summed E-state index contributed by atoms with van der Waals surface area (Å²) in [4.78, 5) is 12.0. The Kier molecular flexibility index (Phi) is 4.90. The lowest BCUT2D eigenvalue weighted by atomic mass is 10.0. The SMILES string of the molecule is Clc1ccc(-c2ccc3nc(-c4ccc5oc(CN6CCCC6)nc5c4)ccc3c2)cc1. The van der Waals surface area contributed by atoms with Crippen LogP contribution in [0.3, 0.4) is 0 Å². The van der Waals surface area contributed by atoms with E-state index in [1.807, 2.05) is 30.3 Å². The first-order valence-corrected chi connectivity index (χ1v) is 11.4. The third-order valence-electron chi connectivity index (χ3n) is 6.15. The number of likely N-dealkylation sites (tertiary alicyclic amines) is 1. The molecule has 0 spiro atoms. The lowest BCUT2D eigenvalue weighted by molar-refractivity contribution is 0.295. The van der Waals surface area contributed by atoms with Crippen molar-refractivity contribution in [3.63, 3.8) is 0 Å². The summed E-state index contributed by atoms with van der Waals surface area (Å²) in [5, 5.41) is 1.85. The Hall–Kier alpha value is -3.21. The minimum atomic E-state index is 0.744. The van der Waals surface area contributed by atoms with Gasteiger partial charge in [0.1, 0.15) is 5.52 Å². The number of hydrogen-bond acceptors (Lipinski definition) is 4. The topological polar surface area (TPSA) is 42.2 Å². The first-order valence-electron chi connectivity index (χ1n) is 11.0. The van der Waals surface area contributed by atoms with E-state index in [1.54, 1.807) is 0 Å². The molecule has 158 valence electrons. The third kappa shape index (κ3) is 3.77. The molecular formula is C27H22ClN3O. The van der Waals surface area contributed by atoms with Crippen molar-refractivity contribution >= 4 is 33.6 Å². The molecule has 0 amide bonds. The van der Waals surface area contributed by atoms with Crippen molar-refractivity contribution in [1.29, 1.82) is 0 Å². The van der Waals surface area contributed by atoms with E-state index in [2.05, 4.69) is 47.4 Å². The molecule has 1 aliphatic rings. The second kappa shape index (κ2) is 8.05. The third-order valence-corrected chi connectivity index (χ3v) is 6.40.